The molecule has 1 aliphatic heterocycles. The van der Waals surface area contributed by atoms with Crippen LogP contribution in [0.2, 0.25) is 0 Å². The second-order valence-electron chi connectivity index (χ2n) is 5.76. The lowest BCUT2D eigenvalue weighted by Gasteiger charge is -2.31. The van der Waals surface area contributed by atoms with E-state index < -0.39 is 6.04 Å². The number of anilines is 1. The number of halogens is 1. The SMILES string of the molecule is Cc1cccc(NC(=O)N2C=CC(=O)CC2c2ccc(F)cc2)c1. The summed E-state index contributed by atoms with van der Waals surface area (Å²) in [5.74, 6) is -0.420. The minimum absolute atomic E-state index is 0.0658. The molecule has 24 heavy (non-hydrogen) atoms. The number of ketones is 1. The number of carbonyl (C=O) groups is 2. The molecule has 0 saturated heterocycles. The molecule has 2 amide bonds. The summed E-state index contributed by atoms with van der Waals surface area (Å²) in [6.45, 7) is 1.94. The van der Waals surface area contributed by atoms with Crippen LogP contribution < -0.4 is 5.32 Å². The van der Waals surface area contributed by atoms with E-state index in [0.717, 1.165) is 5.56 Å². The number of amides is 2. The van der Waals surface area contributed by atoms with E-state index in [4.69, 9.17) is 0 Å². The molecule has 0 saturated carbocycles. The van der Waals surface area contributed by atoms with Crippen LogP contribution in [0.1, 0.15) is 23.6 Å². The van der Waals surface area contributed by atoms with E-state index >= 15 is 0 Å². The number of hydrogen-bond donors (Lipinski definition) is 1. The number of aryl methyl sites for hydroxylation is 1. The highest BCUT2D eigenvalue weighted by atomic mass is 19.1. The summed E-state index contributed by atoms with van der Waals surface area (Å²) in [6.07, 6.45) is 3.03. The number of urea groups is 1. The first kappa shape index (κ1) is 15.9. The molecule has 0 aromatic heterocycles. The number of nitrogens with one attached hydrogen (secondary N) is 1. The van der Waals surface area contributed by atoms with Gasteiger partial charge in [0.25, 0.3) is 0 Å². The highest BCUT2D eigenvalue weighted by Crippen LogP contribution is 2.29. The van der Waals surface area contributed by atoms with Gasteiger partial charge in [0, 0.05) is 18.3 Å². The molecule has 0 spiro atoms. The van der Waals surface area contributed by atoms with Gasteiger partial charge in [-0.25, -0.2) is 9.18 Å². The van der Waals surface area contributed by atoms with Gasteiger partial charge in [0.05, 0.1) is 6.04 Å². The molecule has 0 fully saturated rings. The third-order valence-corrected chi connectivity index (χ3v) is 3.91. The van der Waals surface area contributed by atoms with Crippen molar-refractivity contribution in [1.82, 2.24) is 4.90 Å². The molecule has 0 bridgehead atoms. The summed E-state index contributed by atoms with van der Waals surface area (Å²) < 4.78 is 13.1. The van der Waals surface area contributed by atoms with Gasteiger partial charge < -0.3 is 5.32 Å². The van der Waals surface area contributed by atoms with Crippen molar-refractivity contribution in [3.63, 3.8) is 0 Å². The van der Waals surface area contributed by atoms with Gasteiger partial charge in [-0.3, -0.25) is 9.69 Å². The standard InChI is InChI=1S/C19H17FN2O2/c1-13-3-2-4-16(11-13)21-19(24)22-10-9-17(23)12-18(22)14-5-7-15(20)8-6-14/h2-11,18H,12H2,1H3,(H,21,24). The Hall–Kier alpha value is -2.95. The van der Waals surface area contributed by atoms with Crippen molar-refractivity contribution < 1.29 is 14.0 Å². The topological polar surface area (TPSA) is 49.4 Å². The van der Waals surface area contributed by atoms with E-state index in [-0.39, 0.29) is 24.1 Å². The molecule has 1 atom stereocenters. The number of hydrogen-bond acceptors (Lipinski definition) is 2. The summed E-state index contributed by atoms with van der Waals surface area (Å²) in [5.41, 5.74) is 2.43. The first-order valence-electron chi connectivity index (χ1n) is 7.65. The molecule has 122 valence electrons. The lowest BCUT2D eigenvalue weighted by Crippen LogP contribution is -2.37. The zero-order chi connectivity index (χ0) is 17.1. The highest BCUT2D eigenvalue weighted by molar-refractivity contribution is 5.96. The smallest absolute Gasteiger partial charge is 0.308 e. The molecule has 0 radical (unpaired) electrons. The minimum Gasteiger partial charge on any atom is -0.308 e. The Morgan fingerprint density at radius 1 is 1.21 bits per heavy atom. The van der Waals surface area contributed by atoms with E-state index in [2.05, 4.69) is 5.32 Å². The van der Waals surface area contributed by atoms with Crippen LogP contribution in [-0.2, 0) is 4.79 Å². The number of carbonyl (C=O) groups excluding carboxylic acids is 2. The first-order chi connectivity index (χ1) is 11.5. The molecule has 0 aliphatic carbocycles. The lowest BCUT2D eigenvalue weighted by atomic mass is 9.97. The van der Waals surface area contributed by atoms with Crippen LogP contribution >= 0.6 is 0 Å². The summed E-state index contributed by atoms with van der Waals surface area (Å²) in [7, 11) is 0. The van der Waals surface area contributed by atoms with Crippen molar-refractivity contribution in [3.05, 3.63) is 77.8 Å². The number of rotatable bonds is 2. The molecule has 1 N–H and O–H groups in total. The van der Waals surface area contributed by atoms with Crippen LogP contribution in [0.15, 0.2) is 60.8 Å². The number of allylic oxidation sites excluding steroid dienone is 1. The zero-order valence-corrected chi connectivity index (χ0v) is 13.2. The van der Waals surface area contributed by atoms with Gasteiger partial charge in [0.1, 0.15) is 5.82 Å². The van der Waals surface area contributed by atoms with Crippen LogP contribution in [0.4, 0.5) is 14.9 Å². The Morgan fingerprint density at radius 3 is 2.67 bits per heavy atom. The van der Waals surface area contributed by atoms with E-state index in [1.807, 2.05) is 25.1 Å². The van der Waals surface area contributed by atoms with Gasteiger partial charge in [0.15, 0.2) is 5.78 Å². The normalized spacial score (nSPS) is 17.0. The monoisotopic (exact) mass is 324 g/mol. The van der Waals surface area contributed by atoms with Crippen LogP contribution in [-0.4, -0.2) is 16.7 Å². The fourth-order valence-corrected chi connectivity index (χ4v) is 2.71. The van der Waals surface area contributed by atoms with Gasteiger partial charge >= 0.3 is 6.03 Å². The van der Waals surface area contributed by atoms with Gasteiger partial charge in [-0.15, -0.1) is 0 Å². The van der Waals surface area contributed by atoms with Gasteiger partial charge in [-0.2, -0.15) is 0 Å². The van der Waals surface area contributed by atoms with Crippen molar-refractivity contribution >= 4 is 17.5 Å². The first-order valence-corrected chi connectivity index (χ1v) is 7.65. The molecular weight excluding hydrogens is 307 g/mol. The maximum Gasteiger partial charge on any atom is 0.326 e. The minimum atomic E-state index is -0.451. The molecule has 1 heterocycles. The predicted molar refractivity (Wildman–Crippen MR) is 89.9 cm³/mol. The lowest BCUT2D eigenvalue weighted by molar-refractivity contribution is -0.116. The van der Waals surface area contributed by atoms with Crippen LogP contribution in [0, 0.1) is 12.7 Å². The van der Waals surface area contributed by atoms with Crippen molar-refractivity contribution in [2.45, 2.75) is 19.4 Å². The van der Waals surface area contributed by atoms with Gasteiger partial charge in [-0.05, 0) is 48.4 Å². The van der Waals surface area contributed by atoms with Crippen LogP contribution in [0.25, 0.3) is 0 Å². The van der Waals surface area contributed by atoms with Crippen molar-refractivity contribution in [1.29, 1.82) is 0 Å². The molecule has 3 rings (SSSR count). The van der Waals surface area contributed by atoms with E-state index in [1.165, 1.54) is 29.3 Å². The van der Waals surface area contributed by atoms with Gasteiger partial charge in [0.2, 0.25) is 0 Å². The molecule has 1 aliphatic rings. The largest absolute Gasteiger partial charge is 0.326 e. The Kier molecular flexibility index (Phi) is 4.42. The average Bonchev–Trinajstić information content (AvgIpc) is 2.55. The number of benzene rings is 2. The second-order valence-corrected chi connectivity index (χ2v) is 5.76. The van der Waals surface area contributed by atoms with Crippen molar-refractivity contribution in [3.8, 4) is 0 Å². The quantitative estimate of drug-likeness (QED) is 0.900. The Balaban J connectivity index is 1.85. The van der Waals surface area contributed by atoms with E-state index in [0.29, 0.717) is 11.3 Å². The molecule has 2 aromatic rings. The molecule has 1 unspecified atom stereocenters. The second kappa shape index (κ2) is 6.66. The van der Waals surface area contributed by atoms with Crippen LogP contribution in [0.5, 0.6) is 0 Å². The summed E-state index contributed by atoms with van der Waals surface area (Å²) >= 11 is 0. The summed E-state index contributed by atoms with van der Waals surface area (Å²) in [6, 6.07) is 12.5. The molecule has 5 heteroatoms. The van der Waals surface area contributed by atoms with Crippen LogP contribution in [0.3, 0.4) is 0 Å². The predicted octanol–water partition coefficient (Wildman–Crippen LogP) is 4.20. The Morgan fingerprint density at radius 2 is 1.96 bits per heavy atom. The van der Waals surface area contributed by atoms with Crippen molar-refractivity contribution in [2.75, 3.05) is 5.32 Å². The van der Waals surface area contributed by atoms with Gasteiger partial charge in [-0.1, -0.05) is 24.3 Å². The van der Waals surface area contributed by atoms with Crippen molar-refractivity contribution in [2.24, 2.45) is 0 Å². The molecule has 4 nitrogen and oxygen atoms in total. The highest BCUT2D eigenvalue weighted by Gasteiger charge is 2.28. The fourth-order valence-electron chi connectivity index (χ4n) is 2.71. The average molecular weight is 324 g/mol. The molecular formula is C19H17FN2O2. The van der Waals surface area contributed by atoms with E-state index in [1.54, 1.807) is 18.2 Å². The number of nitrogens with zero attached hydrogens (tertiary/aromatic N) is 1. The maximum atomic E-state index is 13.1. The third kappa shape index (κ3) is 3.51. The Labute approximate surface area is 139 Å². The van der Waals surface area contributed by atoms with E-state index in [9.17, 15) is 14.0 Å². The summed E-state index contributed by atoms with van der Waals surface area (Å²) in [4.78, 5) is 25.8. The molecule has 2 aromatic carbocycles. The zero-order valence-electron chi connectivity index (χ0n) is 13.2. The maximum absolute atomic E-state index is 13.1. The fraction of sp³-hybridized carbons (Fsp3) is 0.158. The Bertz CT molecular complexity index is 799. The third-order valence-electron chi connectivity index (χ3n) is 3.91. The summed E-state index contributed by atoms with van der Waals surface area (Å²) in [5, 5.41) is 2.83.